The van der Waals surface area contributed by atoms with Gasteiger partial charge in [0.25, 0.3) is 0 Å². The number of thiazole rings is 1. The molecule has 1 unspecified atom stereocenters. The Bertz CT molecular complexity index is 268. The van der Waals surface area contributed by atoms with Crippen molar-refractivity contribution in [3.63, 3.8) is 0 Å². The van der Waals surface area contributed by atoms with Gasteiger partial charge in [0.05, 0.1) is 6.61 Å². The molecule has 0 aliphatic carbocycles. The Kier molecular flexibility index (Phi) is 6.20. The second-order valence-corrected chi connectivity index (χ2v) is 4.35. The van der Waals surface area contributed by atoms with Gasteiger partial charge in [-0.05, 0) is 0 Å². The van der Waals surface area contributed by atoms with E-state index in [0.717, 1.165) is 4.88 Å². The molecule has 76 valence electrons. The van der Waals surface area contributed by atoms with Crippen LogP contribution in [-0.2, 0) is 6.42 Å². The van der Waals surface area contributed by atoms with Gasteiger partial charge in [0.2, 0.25) is 0 Å². The van der Waals surface area contributed by atoms with Crippen molar-refractivity contribution in [2.75, 3.05) is 6.61 Å². The Morgan fingerprint density at radius 1 is 1.54 bits per heavy atom. The van der Waals surface area contributed by atoms with Crippen LogP contribution in [0.15, 0.2) is 0 Å². The zero-order chi connectivity index (χ0) is 9.14. The summed E-state index contributed by atoms with van der Waals surface area (Å²) in [4.78, 5) is 4.63. The van der Waals surface area contributed by atoms with E-state index in [1.165, 1.54) is 11.3 Å². The zero-order valence-electron chi connectivity index (χ0n) is 6.54. The van der Waals surface area contributed by atoms with Crippen LogP contribution in [-0.4, -0.2) is 22.7 Å². The van der Waals surface area contributed by atoms with Crippen LogP contribution in [0, 0.1) is 0 Å². The number of hydrogen-bond acceptors (Lipinski definition) is 4. The number of nitrogens with zero attached hydrogens (tertiary/aromatic N) is 1. The van der Waals surface area contributed by atoms with Crippen LogP contribution in [0.25, 0.3) is 0 Å². The molecule has 1 atom stereocenters. The Labute approximate surface area is 96.3 Å². The smallest absolute Gasteiger partial charge is 0.185 e. The van der Waals surface area contributed by atoms with Crippen molar-refractivity contribution in [1.82, 2.24) is 4.98 Å². The molecular weight excluding hydrogens is 255 g/mol. The van der Waals surface area contributed by atoms with Crippen LogP contribution in [0.4, 0.5) is 0 Å². The fourth-order valence-corrected chi connectivity index (χ4v) is 2.24. The van der Waals surface area contributed by atoms with Crippen molar-refractivity contribution in [3.8, 4) is 0 Å². The van der Waals surface area contributed by atoms with Crippen LogP contribution in [0.3, 0.4) is 0 Å². The van der Waals surface area contributed by atoms with E-state index in [1.807, 2.05) is 0 Å². The Hall–Kier alpha value is 0.420. The van der Waals surface area contributed by atoms with Crippen LogP contribution in [0.1, 0.15) is 4.88 Å². The molecule has 3 nitrogen and oxygen atoms in total. The van der Waals surface area contributed by atoms with Crippen molar-refractivity contribution in [1.29, 1.82) is 0 Å². The largest absolute Gasteiger partial charge is 0.395 e. The first-order valence-electron chi connectivity index (χ1n) is 3.30. The minimum atomic E-state index is -0.293. The number of hydrogen-bond donors (Lipinski definition) is 2. The lowest BCUT2D eigenvalue weighted by atomic mass is 10.2. The maximum atomic E-state index is 8.68. The van der Waals surface area contributed by atoms with E-state index >= 15 is 0 Å². The molecule has 3 N–H and O–H groups in total. The number of halogens is 3. The fraction of sp³-hybridized carbons (Fsp3) is 0.500. The molecule has 1 rings (SSSR count). The maximum absolute atomic E-state index is 8.68. The molecule has 1 aromatic rings. The SMILES string of the molecule is Cl.NC(CO)Cc1sc(Cl)nc1Cl. The molecular formula is C6H9Cl3N2OS. The normalized spacial score (nSPS) is 12.3. The lowest BCUT2D eigenvalue weighted by Gasteiger charge is -2.04. The number of aliphatic hydroxyl groups excluding tert-OH is 1. The fourth-order valence-electron chi connectivity index (χ4n) is 0.735. The highest BCUT2D eigenvalue weighted by atomic mass is 35.5. The van der Waals surface area contributed by atoms with Crippen LogP contribution < -0.4 is 5.73 Å². The first-order chi connectivity index (χ1) is 5.63. The van der Waals surface area contributed by atoms with Gasteiger partial charge in [-0.3, -0.25) is 0 Å². The summed E-state index contributed by atoms with van der Waals surface area (Å²) in [6, 6.07) is -0.293. The zero-order valence-corrected chi connectivity index (χ0v) is 9.68. The number of aromatic nitrogens is 1. The summed E-state index contributed by atoms with van der Waals surface area (Å²) in [5.41, 5.74) is 5.51. The standard InChI is InChI=1S/C6H8Cl2N2OS.ClH/c7-5-4(1-3(9)2-11)12-6(8)10-5;/h3,11H,1-2,9H2;1H. The lowest BCUT2D eigenvalue weighted by Crippen LogP contribution is -2.26. The molecule has 0 spiro atoms. The second-order valence-electron chi connectivity index (χ2n) is 2.33. The highest BCUT2D eigenvalue weighted by molar-refractivity contribution is 7.16. The van der Waals surface area contributed by atoms with Gasteiger partial charge in [-0.1, -0.05) is 23.2 Å². The molecule has 0 bridgehead atoms. The van der Waals surface area contributed by atoms with Crippen LogP contribution >= 0.6 is 46.9 Å². The number of aliphatic hydroxyl groups is 1. The quantitative estimate of drug-likeness (QED) is 0.873. The van der Waals surface area contributed by atoms with Gasteiger partial charge in [0, 0.05) is 17.3 Å². The highest BCUT2D eigenvalue weighted by Gasteiger charge is 2.11. The van der Waals surface area contributed by atoms with E-state index in [1.54, 1.807) is 0 Å². The third-order valence-electron chi connectivity index (χ3n) is 1.31. The Morgan fingerprint density at radius 3 is 2.54 bits per heavy atom. The topological polar surface area (TPSA) is 59.1 Å². The molecule has 0 saturated heterocycles. The summed E-state index contributed by atoms with van der Waals surface area (Å²) in [5, 5.41) is 9.06. The van der Waals surface area contributed by atoms with Gasteiger partial charge in [-0.25, -0.2) is 4.98 Å². The first kappa shape index (κ1) is 13.4. The van der Waals surface area contributed by atoms with Crippen molar-refractivity contribution in [2.45, 2.75) is 12.5 Å². The van der Waals surface area contributed by atoms with Crippen molar-refractivity contribution >= 4 is 46.9 Å². The Morgan fingerprint density at radius 2 is 2.15 bits per heavy atom. The van der Waals surface area contributed by atoms with Gasteiger partial charge >= 0.3 is 0 Å². The van der Waals surface area contributed by atoms with E-state index < -0.39 is 0 Å². The monoisotopic (exact) mass is 262 g/mol. The van der Waals surface area contributed by atoms with Gasteiger partial charge in [-0.15, -0.1) is 23.7 Å². The van der Waals surface area contributed by atoms with Gasteiger partial charge in [0.1, 0.15) is 5.15 Å². The molecule has 7 heteroatoms. The maximum Gasteiger partial charge on any atom is 0.185 e. The molecule has 0 fully saturated rings. The minimum absolute atomic E-state index is 0. The summed E-state index contributed by atoms with van der Waals surface area (Å²) < 4.78 is 0.403. The molecule has 0 amide bonds. The molecule has 0 aromatic carbocycles. The van der Waals surface area contributed by atoms with Crippen molar-refractivity contribution in [2.24, 2.45) is 5.73 Å². The average molecular weight is 264 g/mol. The van der Waals surface area contributed by atoms with Crippen molar-refractivity contribution in [3.05, 3.63) is 14.5 Å². The van der Waals surface area contributed by atoms with Crippen LogP contribution in [0.2, 0.25) is 9.62 Å². The number of rotatable bonds is 3. The van der Waals surface area contributed by atoms with Gasteiger partial charge in [-0.2, -0.15) is 0 Å². The minimum Gasteiger partial charge on any atom is -0.395 e. The molecule has 13 heavy (non-hydrogen) atoms. The van der Waals surface area contributed by atoms with Gasteiger partial charge < -0.3 is 10.8 Å². The third-order valence-corrected chi connectivity index (χ3v) is 2.91. The third kappa shape index (κ3) is 3.97. The summed E-state index contributed by atoms with van der Waals surface area (Å²) in [6.45, 7) is -0.0636. The molecule has 0 saturated carbocycles. The summed E-state index contributed by atoms with van der Waals surface area (Å²) in [5.74, 6) is 0. The predicted octanol–water partition coefficient (Wildman–Crippen LogP) is 1.73. The van der Waals surface area contributed by atoms with Gasteiger partial charge in [0.15, 0.2) is 4.47 Å². The predicted molar refractivity (Wildman–Crippen MR) is 58.1 cm³/mol. The van der Waals surface area contributed by atoms with E-state index in [9.17, 15) is 0 Å². The molecule has 0 radical (unpaired) electrons. The summed E-state index contributed by atoms with van der Waals surface area (Å²) in [6.07, 6.45) is 0.514. The first-order valence-corrected chi connectivity index (χ1v) is 4.88. The second kappa shape index (κ2) is 6.01. The van der Waals surface area contributed by atoms with Crippen molar-refractivity contribution < 1.29 is 5.11 Å². The van der Waals surface area contributed by atoms with Crippen LogP contribution in [0.5, 0.6) is 0 Å². The van der Waals surface area contributed by atoms with E-state index in [2.05, 4.69) is 4.98 Å². The highest BCUT2D eigenvalue weighted by Crippen LogP contribution is 2.27. The van der Waals surface area contributed by atoms with E-state index in [0.29, 0.717) is 16.0 Å². The molecule has 1 heterocycles. The number of nitrogens with two attached hydrogens (primary N) is 1. The summed E-state index contributed by atoms with van der Waals surface area (Å²) in [7, 11) is 0. The molecule has 1 aromatic heterocycles. The summed E-state index contributed by atoms with van der Waals surface area (Å²) >= 11 is 12.6. The molecule has 0 aliphatic heterocycles. The van der Waals surface area contributed by atoms with E-state index in [4.69, 9.17) is 34.0 Å². The lowest BCUT2D eigenvalue weighted by molar-refractivity contribution is 0.265. The van der Waals surface area contributed by atoms with E-state index in [-0.39, 0.29) is 25.1 Å². The molecule has 0 aliphatic rings. The Balaban J connectivity index is 0.00000144. The average Bonchev–Trinajstić information content (AvgIpc) is 2.30.